The maximum atomic E-state index is 2.59. The fourth-order valence-corrected chi connectivity index (χ4v) is 4.44. The first-order valence-electron chi connectivity index (χ1n) is 15.4. The molecule has 0 unspecified atom stereocenters. The molecule has 0 atom stereocenters. The number of hydrogen-bond donors (Lipinski definition) is 0. The van der Waals surface area contributed by atoms with E-state index in [-0.39, 0.29) is 0 Å². The molecular weight excluding hydrogens is 460 g/mol. The van der Waals surface area contributed by atoms with Crippen LogP contribution in [0.3, 0.4) is 0 Å². The molecule has 0 heterocycles. The summed E-state index contributed by atoms with van der Waals surface area (Å²) in [4.78, 5) is 5.13. The first-order chi connectivity index (χ1) is 18.7. The molecule has 0 amide bonds. The summed E-state index contributed by atoms with van der Waals surface area (Å²) in [6, 6.07) is 17.9. The standard InChI is InChI=1S/C36H54N2/c1-5-9-28-37(29-10-6-2)30-16-14-13-15-17-33-18-20-34(21-19-33)22-23-35-24-26-36(27-25-35)38(31-11-7-3)32-12-8-4/h14-27H,5-13,28-32H2,1-4H3/b16-14+,17-15+,23-22+. The summed E-state index contributed by atoms with van der Waals surface area (Å²) < 4.78 is 0. The lowest BCUT2D eigenvalue weighted by molar-refractivity contribution is 0.292. The van der Waals surface area contributed by atoms with Crippen LogP contribution in [0.1, 0.15) is 102 Å². The van der Waals surface area contributed by atoms with Crippen molar-refractivity contribution in [3.8, 4) is 0 Å². The topological polar surface area (TPSA) is 6.48 Å². The molecule has 2 rings (SSSR count). The Balaban J connectivity index is 1.82. The highest BCUT2D eigenvalue weighted by atomic mass is 15.1. The molecule has 2 aromatic rings. The van der Waals surface area contributed by atoms with Crippen LogP contribution >= 0.6 is 0 Å². The van der Waals surface area contributed by atoms with E-state index in [1.165, 1.54) is 86.8 Å². The lowest BCUT2D eigenvalue weighted by atomic mass is 10.1. The van der Waals surface area contributed by atoms with Crippen LogP contribution in [0.4, 0.5) is 5.69 Å². The smallest absolute Gasteiger partial charge is 0.0366 e. The van der Waals surface area contributed by atoms with Crippen LogP contribution in [-0.2, 0) is 0 Å². The lowest BCUT2D eigenvalue weighted by Crippen LogP contribution is -2.26. The summed E-state index contributed by atoms with van der Waals surface area (Å²) in [5.74, 6) is 0. The third-order valence-electron chi connectivity index (χ3n) is 6.99. The molecule has 0 radical (unpaired) electrons. The van der Waals surface area contributed by atoms with Crippen molar-refractivity contribution < 1.29 is 0 Å². The highest BCUT2D eigenvalue weighted by Crippen LogP contribution is 2.19. The second-order valence-corrected chi connectivity index (χ2v) is 10.4. The summed E-state index contributed by atoms with van der Waals surface area (Å²) in [6.45, 7) is 14.9. The Bertz CT molecular complexity index is 905. The first kappa shape index (κ1) is 31.6. The molecule has 0 aliphatic heterocycles. The summed E-state index contributed by atoms with van der Waals surface area (Å²) in [5, 5.41) is 0. The highest BCUT2D eigenvalue weighted by molar-refractivity contribution is 5.71. The zero-order valence-electron chi connectivity index (χ0n) is 24.9. The minimum absolute atomic E-state index is 0.987. The summed E-state index contributed by atoms with van der Waals surface area (Å²) in [7, 11) is 0. The third kappa shape index (κ3) is 13.3. The second-order valence-electron chi connectivity index (χ2n) is 10.4. The molecule has 0 aromatic heterocycles. The van der Waals surface area contributed by atoms with Gasteiger partial charge in [-0.1, -0.05) is 126 Å². The van der Waals surface area contributed by atoms with Gasteiger partial charge in [-0.3, -0.25) is 4.90 Å². The number of rotatable bonds is 20. The molecule has 2 nitrogen and oxygen atoms in total. The van der Waals surface area contributed by atoms with Gasteiger partial charge in [0.15, 0.2) is 0 Å². The van der Waals surface area contributed by atoms with E-state index in [0.717, 1.165) is 26.1 Å². The predicted octanol–water partition coefficient (Wildman–Crippen LogP) is 10.1. The van der Waals surface area contributed by atoms with Crippen molar-refractivity contribution >= 4 is 23.9 Å². The van der Waals surface area contributed by atoms with Gasteiger partial charge in [-0.15, -0.1) is 0 Å². The third-order valence-corrected chi connectivity index (χ3v) is 6.99. The number of anilines is 1. The minimum Gasteiger partial charge on any atom is -0.372 e. The van der Waals surface area contributed by atoms with Crippen LogP contribution < -0.4 is 4.90 Å². The zero-order chi connectivity index (χ0) is 27.3. The first-order valence-corrected chi connectivity index (χ1v) is 15.4. The van der Waals surface area contributed by atoms with E-state index in [0.29, 0.717) is 0 Å². The average Bonchev–Trinajstić information content (AvgIpc) is 2.96. The molecule has 0 saturated heterocycles. The van der Waals surface area contributed by atoms with E-state index in [2.05, 4.69) is 122 Å². The Labute approximate surface area is 235 Å². The highest BCUT2D eigenvalue weighted by Gasteiger charge is 2.05. The van der Waals surface area contributed by atoms with Gasteiger partial charge in [0.2, 0.25) is 0 Å². The Morgan fingerprint density at radius 3 is 1.45 bits per heavy atom. The van der Waals surface area contributed by atoms with E-state index in [4.69, 9.17) is 0 Å². The van der Waals surface area contributed by atoms with Crippen molar-refractivity contribution in [1.29, 1.82) is 0 Å². The molecule has 0 aliphatic carbocycles. The van der Waals surface area contributed by atoms with Crippen LogP contribution in [0.25, 0.3) is 18.2 Å². The van der Waals surface area contributed by atoms with Gasteiger partial charge in [-0.25, -0.2) is 0 Å². The average molecular weight is 515 g/mol. The molecule has 0 N–H and O–H groups in total. The van der Waals surface area contributed by atoms with Crippen molar-refractivity contribution in [1.82, 2.24) is 4.90 Å². The van der Waals surface area contributed by atoms with Crippen molar-refractivity contribution in [2.45, 2.75) is 85.5 Å². The number of allylic oxidation sites excluding steroid dienone is 2. The van der Waals surface area contributed by atoms with Crippen LogP contribution in [0.5, 0.6) is 0 Å². The normalized spacial score (nSPS) is 12.0. The molecule has 0 saturated carbocycles. The van der Waals surface area contributed by atoms with Gasteiger partial charge in [-0.05, 0) is 74.0 Å². The van der Waals surface area contributed by atoms with E-state index in [9.17, 15) is 0 Å². The summed E-state index contributed by atoms with van der Waals surface area (Å²) >= 11 is 0. The largest absolute Gasteiger partial charge is 0.372 e. The molecule has 0 spiro atoms. The van der Waals surface area contributed by atoms with Gasteiger partial charge in [0.1, 0.15) is 0 Å². The summed E-state index contributed by atoms with van der Waals surface area (Å²) in [6.07, 6.45) is 24.7. The number of nitrogens with zero attached hydrogens (tertiary/aromatic N) is 2. The lowest BCUT2D eigenvalue weighted by Gasteiger charge is -2.24. The van der Waals surface area contributed by atoms with Crippen LogP contribution in [0.2, 0.25) is 0 Å². The zero-order valence-corrected chi connectivity index (χ0v) is 24.9. The van der Waals surface area contributed by atoms with Gasteiger partial charge < -0.3 is 4.90 Å². The quantitative estimate of drug-likeness (QED) is 0.128. The second kappa shape index (κ2) is 20.4. The fraction of sp³-hybridized carbons (Fsp3) is 0.500. The summed E-state index contributed by atoms with van der Waals surface area (Å²) in [5.41, 5.74) is 5.09. The molecule has 0 bridgehead atoms. The number of hydrogen-bond acceptors (Lipinski definition) is 2. The van der Waals surface area contributed by atoms with Crippen molar-refractivity contribution in [3.63, 3.8) is 0 Å². The molecular formula is C36H54N2. The van der Waals surface area contributed by atoms with Crippen molar-refractivity contribution in [3.05, 3.63) is 83.4 Å². The van der Waals surface area contributed by atoms with Gasteiger partial charge >= 0.3 is 0 Å². The molecule has 38 heavy (non-hydrogen) atoms. The fourth-order valence-electron chi connectivity index (χ4n) is 4.44. The SMILES string of the molecule is CCCCN(C/C=C/C/C=C/c1ccc(/C=C/c2ccc(N(CCCC)CCCC)cc2)cc1)CCCC. The van der Waals surface area contributed by atoms with Crippen molar-refractivity contribution in [2.24, 2.45) is 0 Å². The van der Waals surface area contributed by atoms with E-state index < -0.39 is 0 Å². The molecule has 2 heteroatoms. The van der Waals surface area contributed by atoms with E-state index in [1.807, 2.05) is 0 Å². The van der Waals surface area contributed by atoms with E-state index >= 15 is 0 Å². The molecule has 2 aromatic carbocycles. The van der Waals surface area contributed by atoms with Gasteiger partial charge in [0, 0.05) is 25.3 Å². The number of benzene rings is 2. The maximum absolute atomic E-state index is 2.59. The Hall–Kier alpha value is -2.58. The van der Waals surface area contributed by atoms with Crippen LogP contribution in [-0.4, -0.2) is 37.6 Å². The van der Waals surface area contributed by atoms with E-state index in [1.54, 1.807) is 0 Å². The van der Waals surface area contributed by atoms with Gasteiger partial charge in [0.25, 0.3) is 0 Å². The molecule has 208 valence electrons. The molecule has 0 fully saturated rings. The van der Waals surface area contributed by atoms with Gasteiger partial charge in [-0.2, -0.15) is 0 Å². The van der Waals surface area contributed by atoms with Crippen molar-refractivity contribution in [2.75, 3.05) is 37.6 Å². The predicted molar refractivity (Wildman–Crippen MR) is 173 cm³/mol. The Morgan fingerprint density at radius 2 is 0.947 bits per heavy atom. The monoisotopic (exact) mass is 514 g/mol. The van der Waals surface area contributed by atoms with Crippen LogP contribution in [0, 0.1) is 0 Å². The Morgan fingerprint density at radius 1 is 0.500 bits per heavy atom. The minimum atomic E-state index is 0.987. The number of unbranched alkanes of at least 4 members (excludes halogenated alkanes) is 4. The Kier molecular flexibility index (Phi) is 17.0. The maximum Gasteiger partial charge on any atom is 0.0366 e. The van der Waals surface area contributed by atoms with Crippen LogP contribution in [0.15, 0.2) is 66.8 Å². The molecule has 0 aliphatic rings. The van der Waals surface area contributed by atoms with Gasteiger partial charge in [0.05, 0.1) is 0 Å².